The summed E-state index contributed by atoms with van der Waals surface area (Å²) in [6, 6.07) is 8.24. The molecule has 0 amide bonds. The van der Waals surface area contributed by atoms with Crippen LogP contribution < -0.4 is 4.74 Å². The van der Waals surface area contributed by atoms with Crippen LogP contribution in [0.3, 0.4) is 0 Å². The van der Waals surface area contributed by atoms with E-state index >= 15 is 0 Å². The smallest absolute Gasteiger partial charge is 0.119 e. The fraction of sp³-hybridized carbons (Fsp3) is 0.571. The van der Waals surface area contributed by atoms with Gasteiger partial charge in [-0.2, -0.15) is 0 Å². The second-order valence-corrected chi connectivity index (χ2v) is 4.57. The second kappa shape index (κ2) is 5.35. The molecular formula is C14H20O2. The van der Waals surface area contributed by atoms with Crippen LogP contribution in [0, 0.1) is 0 Å². The Bertz CT molecular complexity index is 331. The molecule has 2 rings (SSSR count). The van der Waals surface area contributed by atoms with E-state index in [0.29, 0.717) is 6.10 Å². The molecule has 1 saturated carbocycles. The molecule has 1 aromatic rings. The summed E-state index contributed by atoms with van der Waals surface area (Å²) >= 11 is 0. The van der Waals surface area contributed by atoms with Gasteiger partial charge in [-0.3, -0.25) is 0 Å². The topological polar surface area (TPSA) is 29.5 Å². The lowest BCUT2D eigenvalue weighted by Gasteiger charge is -2.09. The SMILES string of the molecule is CCC(O)CCc1cccc(OC2CC2)c1. The lowest BCUT2D eigenvalue weighted by Crippen LogP contribution is -2.05. The molecule has 1 unspecified atom stereocenters. The van der Waals surface area contributed by atoms with E-state index in [1.165, 1.54) is 18.4 Å². The molecule has 1 atom stereocenters. The summed E-state index contributed by atoms with van der Waals surface area (Å²) in [7, 11) is 0. The normalized spacial score (nSPS) is 17.1. The van der Waals surface area contributed by atoms with Gasteiger partial charge >= 0.3 is 0 Å². The van der Waals surface area contributed by atoms with Crippen LogP contribution >= 0.6 is 0 Å². The van der Waals surface area contributed by atoms with Gasteiger partial charge in [0.1, 0.15) is 5.75 Å². The summed E-state index contributed by atoms with van der Waals surface area (Å²) < 4.78 is 5.74. The summed E-state index contributed by atoms with van der Waals surface area (Å²) in [5, 5.41) is 9.51. The molecular weight excluding hydrogens is 200 g/mol. The van der Waals surface area contributed by atoms with Crippen molar-refractivity contribution >= 4 is 0 Å². The zero-order chi connectivity index (χ0) is 11.4. The van der Waals surface area contributed by atoms with Gasteiger partial charge in [0.2, 0.25) is 0 Å². The van der Waals surface area contributed by atoms with Crippen molar-refractivity contribution < 1.29 is 9.84 Å². The molecule has 0 radical (unpaired) electrons. The molecule has 0 heterocycles. The number of aliphatic hydroxyl groups excluding tert-OH is 1. The minimum Gasteiger partial charge on any atom is -0.490 e. The number of hydrogen-bond donors (Lipinski definition) is 1. The van der Waals surface area contributed by atoms with Crippen LogP contribution in [0.25, 0.3) is 0 Å². The minimum absolute atomic E-state index is 0.173. The van der Waals surface area contributed by atoms with Gasteiger partial charge in [0.15, 0.2) is 0 Å². The molecule has 2 heteroatoms. The zero-order valence-corrected chi connectivity index (χ0v) is 9.86. The van der Waals surface area contributed by atoms with Gasteiger partial charge in [0, 0.05) is 0 Å². The van der Waals surface area contributed by atoms with Crippen molar-refractivity contribution in [2.24, 2.45) is 0 Å². The Balaban J connectivity index is 1.87. The van der Waals surface area contributed by atoms with Crippen molar-refractivity contribution in [3.05, 3.63) is 29.8 Å². The highest BCUT2D eigenvalue weighted by Gasteiger charge is 2.23. The Morgan fingerprint density at radius 1 is 1.44 bits per heavy atom. The van der Waals surface area contributed by atoms with Crippen LogP contribution in [0.4, 0.5) is 0 Å². The third-order valence-corrected chi connectivity index (χ3v) is 2.96. The number of ether oxygens (including phenoxy) is 1. The molecule has 1 aromatic carbocycles. The maximum atomic E-state index is 9.51. The van der Waals surface area contributed by atoms with Crippen LogP contribution in [0.15, 0.2) is 24.3 Å². The molecule has 0 bridgehead atoms. The Kier molecular flexibility index (Phi) is 3.83. The fourth-order valence-electron chi connectivity index (χ4n) is 1.69. The average molecular weight is 220 g/mol. The van der Waals surface area contributed by atoms with Crippen molar-refractivity contribution in [2.45, 2.75) is 51.2 Å². The van der Waals surface area contributed by atoms with Gasteiger partial charge in [0.05, 0.1) is 12.2 Å². The van der Waals surface area contributed by atoms with Gasteiger partial charge in [-0.05, 0) is 49.8 Å². The molecule has 0 aliphatic heterocycles. The molecule has 88 valence electrons. The number of hydrogen-bond acceptors (Lipinski definition) is 2. The second-order valence-electron chi connectivity index (χ2n) is 4.57. The van der Waals surface area contributed by atoms with Crippen LogP contribution in [-0.4, -0.2) is 17.3 Å². The van der Waals surface area contributed by atoms with Gasteiger partial charge in [-0.1, -0.05) is 19.1 Å². The number of rotatable bonds is 6. The largest absolute Gasteiger partial charge is 0.490 e. The number of benzene rings is 1. The molecule has 2 nitrogen and oxygen atoms in total. The molecule has 0 aromatic heterocycles. The van der Waals surface area contributed by atoms with Gasteiger partial charge in [-0.25, -0.2) is 0 Å². The fourth-order valence-corrected chi connectivity index (χ4v) is 1.69. The Morgan fingerprint density at radius 3 is 2.94 bits per heavy atom. The summed E-state index contributed by atoms with van der Waals surface area (Å²) in [6.07, 6.45) is 5.26. The van der Waals surface area contributed by atoms with E-state index in [1.54, 1.807) is 0 Å². The molecule has 0 spiro atoms. The summed E-state index contributed by atoms with van der Waals surface area (Å²) in [5.41, 5.74) is 1.26. The van der Waals surface area contributed by atoms with E-state index in [0.717, 1.165) is 25.0 Å². The minimum atomic E-state index is -0.173. The maximum absolute atomic E-state index is 9.51. The van der Waals surface area contributed by atoms with E-state index in [-0.39, 0.29) is 6.10 Å². The predicted molar refractivity (Wildman–Crippen MR) is 64.7 cm³/mol. The Hall–Kier alpha value is -1.02. The summed E-state index contributed by atoms with van der Waals surface area (Å²) in [4.78, 5) is 0. The lowest BCUT2D eigenvalue weighted by atomic mass is 10.1. The highest BCUT2D eigenvalue weighted by Crippen LogP contribution is 2.27. The highest BCUT2D eigenvalue weighted by atomic mass is 16.5. The van der Waals surface area contributed by atoms with Crippen LogP contribution in [0.2, 0.25) is 0 Å². The number of aliphatic hydroxyl groups is 1. The first-order chi connectivity index (χ1) is 7.78. The monoisotopic (exact) mass is 220 g/mol. The van der Waals surface area contributed by atoms with Crippen LogP contribution in [0.5, 0.6) is 5.75 Å². The zero-order valence-electron chi connectivity index (χ0n) is 9.86. The first-order valence-corrected chi connectivity index (χ1v) is 6.21. The van der Waals surface area contributed by atoms with Gasteiger partial charge < -0.3 is 9.84 Å². The molecule has 1 fully saturated rings. The van der Waals surface area contributed by atoms with Crippen molar-refractivity contribution in [1.29, 1.82) is 0 Å². The lowest BCUT2D eigenvalue weighted by molar-refractivity contribution is 0.160. The first-order valence-electron chi connectivity index (χ1n) is 6.21. The maximum Gasteiger partial charge on any atom is 0.119 e. The quantitative estimate of drug-likeness (QED) is 0.798. The molecule has 1 aliphatic rings. The van der Waals surface area contributed by atoms with Crippen LogP contribution in [-0.2, 0) is 6.42 Å². The molecule has 16 heavy (non-hydrogen) atoms. The van der Waals surface area contributed by atoms with Crippen LogP contribution in [0.1, 0.15) is 38.2 Å². The van der Waals surface area contributed by atoms with Gasteiger partial charge in [-0.15, -0.1) is 0 Å². The third-order valence-electron chi connectivity index (χ3n) is 2.96. The first kappa shape index (κ1) is 11.5. The number of aryl methyl sites for hydroxylation is 1. The average Bonchev–Trinajstić information content (AvgIpc) is 3.10. The highest BCUT2D eigenvalue weighted by molar-refractivity contribution is 5.29. The van der Waals surface area contributed by atoms with E-state index in [2.05, 4.69) is 12.1 Å². The Morgan fingerprint density at radius 2 is 2.25 bits per heavy atom. The van der Waals surface area contributed by atoms with E-state index in [9.17, 15) is 5.11 Å². The van der Waals surface area contributed by atoms with Crippen molar-refractivity contribution in [1.82, 2.24) is 0 Å². The molecule has 1 N–H and O–H groups in total. The van der Waals surface area contributed by atoms with E-state index in [1.807, 2.05) is 19.1 Å². The van der Waals surface area contributed by atoms with Crippen molar-refractivity contribution in [3.8, 4) is 5.75 Å². The summed E-state index contributed by atoms with van der Waals surface area (Å²) in [6.45, 7) is 2.01. The Labute approximate surface area is 97.3 Å². The van der Waals surface area contributed by atoms with E-state index < -0.39 is 0 Å². The molecule has 1 aliphatic carbocycles. The third kappa shape index (κ3) is 3.53. The predicted octanol–water partition coefficient (Wildman–Crippen LogP) is 2.93. The summed E-state index contributed by atoms with van der Waals surface area (Å²) in [5.74, 6) is 0.978. The van der Waals surface area contributed by atoms with Crippen molar-refractivity contribution in [2.75, 3.05) is 0 Å². The van der Waals surface area contributed by atoms with Crippen molar-refractivity contribution in [3.63, 3.8) is 0 Å². The molecule has 0 saturated heterocycles. The standard InChI is InChI=1S/C14H20O2/c1-2-12(15)7-6-11-4-3-5-14(10-11)16-13-8-9-13/h3-5,10,12-13,15H,2,6-9H2,1H3. The van der Waals surface area contributed by atoms with Gasteiger partial charge in [0.25, 0.3) is 0 Å². The van der Waals surface area contributed by atoms with E-state index in [4.69, 9.17) is 4.74 Å².